The number of hydrogen-bond acceptors (Lipinski definition) is 4. The third kappa shape index (κ3) is 2.35. The fourth-order valence-corrected chi connectivity index (χ4v) is 1.84. The molecule has 0 spiro atoms. The largest absolute Gasteiger partial charge is 0.462 e. The van der Waals surface area contributed by atoms with Gasteiger partial charge in [0.2, 0.25) is 0 Å². The number of aliphatic imine (C=N–C) groups is 1. The van der Waals surface area contributed by atoms with Crippen molar-refractivity contribution in [3.63, 3.8) is 0 Å². The first-order valence-electron chi connectivity index (χ1n) is 4.29. The van der Waals surface area contributed by atoms with Crippen molar-refractivity contribution in [1.29, 1.82) is 0 Å². The van der Waals surface area contributed by atoms with Crippen molar-refractivity contribution >= 4 is 17.3 Å². The molecule has 0 saturated heterocycles. The number of thiazole rings is 1. The van der Waals surface area contributed by atoms with E-state index in [9.17, 15) is 0 Å². The molecule has 6 heteroatoms. The molecule has 0 amide bonds. The van der Waals surface area contributed by atoms with Crippen molar-refractivity contribution in [2.24, 2.45) is 16.5 Å². The molecule has 2 aromatic heterocycles. The van der Waals surface area contributed by atoms with Gasteiger partial charge in [0.05, 0.1) is 18.5 Å². The molecule has 4 N–H and O–H groups in total. The summed E-state index contributed by atoms with van der Waals surface area (Å²) in [5, 5.41) is 2.74. The SMILES string of the molecule is NC(N)=NCc1csc(-c2ccco2)n1. The highest BCUT2D eigenvalue weighted by Crippen LogP contribution is 2.23. The molecule has 0 aliphatic carbocycles. The number of aromatic nitrogens is 1. The first kappa shape index (κ1) is 9.72. The Hall–Kier alpha value is -1.82. The molecule has 0 unspecified atom stereocenters. The summed E-state index contributed by atoms with van der Waals surface area (Å²) in [6.07, 6.45) is 1.62. The van der Waals surface area contributed by atoms with Gasteiger partial charge in [-0.1, -0.05) is 0 Å². The van der Waals surface area contributed by atoms with Gasteiger partial charge in [-0.2, -0.15) is 0 Å². The molecule has 0 atom stereocenters. The predicted octanol–water partition coefficient (Wildman–Crippen LogP) is 1.18. The van der Waals surface area contributed by atoms with Crippen LogP contribution in [0, 0.1) is 0 Å². The van der Waals surface area contributed by atoms with E-state index in [1.807, 2.05) is 17.5 Å². The fourth-order valence-electron chi connectivity index (χ4n) is 1.07. The quantitative estimate of drug-likeness (QED) is 0.602. The average molecular weight is 222 g/mol. The Kier molecular flexibility index (Phi) is 2.68. The lowest BCUT2D eigenvalue weighted by Crippen LogP contribution is -2.22. The first-order valence-corrected chi connectivity index (χ1v) is 5.17. The van der Waals surface area contributed by atoms with E-state index in [0.29, 0.717) is 6.54 Å². The topological polar surface area (TPSA) is 90.4 Å². The van der Waals surface area contributed by atoms with Gasteiger partial charge in [0.1, 0.15) is 0 Å². The van der Waals surface area contributed by atoms with E-state index in [1.54, 1.807) is 6.26 Å². The lowest BCUT2D eigenvalue weighted by molar-refractivity contribution is 0.581. The third-order valence-corrected chi connectivity index (χ3v) is 2.61. The normalized spacial score (nSPS) is 10.1. The second kappa shape index (κ2) is 4.14. The molecule has 0 aliphatic heterocycles. The lowest BCUT2D eigenvalue weighted by Gasteiger charge is -1.90. The van der Waals surface area contributed by atoms with Crippen molar-refractivity contribution in [2.75, 3.05) is 0 Å². The zero-order chi connectivity index (χ0) is 10.7. The van der Waals surface area contributed by atoms with Crippen molar-refractivity contribution in [2.45, 2.75) is 6.54 Å². The van der Waals surface area contributed by atoms with E-state index in [2.05, 4.69) is 9.98 Å². The molecule has 0 saturated carbocycles. The Morgan fingerprint density at radius 1 is 1.53 bits per heavy atom. The molecule has 0 radical (unpaired) electrons. The number of hydrogen-bond donors (Lipinski definition) is 2. The Balaban J connectivity index is 2.14. The minimum Gasteiger partial charge on any atom is -0.462 e. The van der Waals surface area contributed by atoms with Gasteiger partial charge >= 0.3 is 0 Å². The maximum absolute atomic E-state index is 5.23. The second-order valence-corrected chi connectivity index (χ2v) is 3.72. The Bertz CT molecular complexity index is 456. The molecule has 0 aliphatic rings. The second-order valence-electron chi connectivity index (χ2n) is 2.86. The Morgan fingerprint density at radius 3 is 3.07 bits per heavy atom. The van der Waals surface area contributed by atoms with E-state index in [-0.39, 0.29) is 5.96 Å². The third-order valence-electron chi connectivity index (χ3n) is 1.71. The molecule has 0 aromatic carbocycles. The van der Waals surface area contributed by atoms with Crippen LogP contribution in [0.5, 0.6) is 0 Å². The van der Waals surface area contributed by atoms with Crippen molar-refractivity contribution in [1.82, 2.24) is 4.98 Å². The van der Waals surface area contributed by atoms with Crippen LogP contribution in [0.3, 0.4) is 0 Å². The molecule has 2 heterocycles. The molecule has 2 rings (SSSR count). The number of rotatable bonds is 3. The summed E-state index contributed by atoms with van der Waals surface area (Å²) in [6.45, 7) is 0.402. The van der Waals surface area contributed by atoms with Crippen molar-refractivity contribution in [3.8, 4) is 10.8 Å². The number of guanidine groups is 1. The molecule has 78 valence electrons. The Morgan fingerprint density at radius 2 is 2.40 bits per heavy atom. The predicted molar refractivity (Wildman–Crippen MR) is 59.3 cm³/mol. The van der Waals surface area contributed by atoms with Crippen LogP contribution < -0.4 is 11.5 Å². The molecule has 5 nitrogen and oxygen atoms in total. The summed E-state index contributed by atoms with van der Waals surface area (Å²) in [5.41, 5.74) is 11.3. The van der Waals surface area contributed by atoms with E-state index < -0.39 is 0 Å². The van der Waals surface area contributed by atoms with E-state index >= 15 is 0 Å². The summed E-state index contributed by atoms with van der Waals surface area (Å²) in [5.74, 6) is 0.832. The van der Waals surface area contributed by atoms with Crippen LogP contribution in [0.15, 0.2) is 33.2 Å². The zero-order valence-corrected chi connectivity index (χ0v) is 8.70. The average Bonchev–Trinajstić information content (AvgIpc) is 2.85. The fraction of sp³-hybridized carbons (Fsp3) is 0.111. The highest BCUT2D eigenvalue weighted by atomic mass is 32.1. The molecule has 2 aromatic rings. The molecular weight excluding hydrogens is 212 g/mol. The number of nitrogens with two attached hydrogens (primary N) is 2. The van der Waals surface area contributed by atoms with E-state index in [0.717, 1.165) is 16.5 Å². The smallest absolute Gasteiger partial charge is 0.186 e. The summed E-state index contributed by atoms with van der Waals surface area (Å²) in [6, 6.07) is 3.69. The van der Waals surface area contributed by atoms with E-state index in [4.69, 9.17) is 15.9 Å². The van der Waals surface area contributed by atoms with Gasteiger partial charge in [-0.05, 0) is 12.1 Å². The van der Waals surface area contributed by atoms with Crippen LogP contribution in [0.4, 0.5) is 0 Å². The maximum atomic E-state index is 5.23. The Labute approximate surface area is 90.4 Å². The summed E-state index contributed by atoms with van der Waals surface area (Å²) in [7, 11) is 0. The van der Waals surface area contributed by atoms with Gasteiger partial charge in [0.25, 0.3) is 0 Å². The maximum Gasteiger partial charge on any atom is 0.186 e. The van der Waals surface area contributed by atoms with Gasteiger partial charge in [-0.15, -0.1) is 11.3 Å². The lowest BCUT2D eigenvalue weighted by atomic mass is 10.4. The van der Waals surface area contributed by atoms with E-state index in [1.165, 1.54) is 11.3 Å². The summed E-state index contributed by atoms with van der Waals surface area (Å²) < 4.78 is 5.22. The highest BCUT2D eigenvalue weighted by Gasteiger charge is 2.06. The summed E-state index contributed by atoms with van der Waals surface area (Å²) >= 11 is 1.50. The highest BCUT2D eigenvalue weighted by molar-refractivity contribution is 7.13. The summed E-state index contributed by atoms with van der Waals surface area (Å²) in [4.78, 5) is 8.21. The zero-order valence-electron chi connectivity index (χ0n) is 7.88. The van der Waals surface area contributed by atoms with Crippen LogP contribution in [0.25, 0.3) is 10.8 Å². The molecule has 0 bridgehead atoms. The molecular formula is C9H10N4OS. The van der Waals surface area contributed by atoms with Crippen LogP contribution in [-0.4, -0.2) is 10.9 Å². The minimum atomic E-state index is 0.0718. The van der Waals surface area contributed by atoms with Gasteiger partial charge in [-0.3, -0.25) is 0 Å². The monoisotopic (exact) mass is 222 g/mol. The standard InChI is InChI=1S/C9H10N4OS/c10-9(11)12-4-6-5-15-8(13-6)7-2-1-3-14-7/h1-3,5H,4H2,(H4,10,11,12). The van der Waals surface area contributed by atoms with Crippen LogP contribution >= 0.6 is 11.3 Å². The van der Waals surface area contributed by atoms with Crippen molar-refractivity contribution < 1.29 is 4.42 Å². The van der Waals surface area contributed by atoms with Crippen LogP contribution in [0.1, 0.15) is 5.69 Å². The van der Waals surface area contributed by atoms with Gasteiger partial charge in [-0.25, -0.2) is 9.98 Å². The minimum absolute atomic E-state index is 0.0718. The van der Waals surface area contributed by atoms with Gasteiger partial charge in [0, 0.05) is 5.38 Å². The van der Waals surface area contributed by atoms with Crippen LogP contribution in [-0.2, 0) is 6.54 Å². The molecule has 0 fully saturated rings. The first-order chi connectivity index (χ1) is 7.25. The number of furan rings is 1. The van der Waals surface area contributed by atoms with Gasteiger partial charge < -0.3 is 15.9 Å². The number of nitrogens with zero attached hydrogens (tertiary/aromatic N) is 2. The van der Waals surface area contributed by atoms with Gasteiger partial charge in [0.15, 0.2) is 16.7 Å². The molecule has 15 heavy (non-hydrogen) atoms. The van der Waals surface area contributed by atoms with Crippen molar-refractivity contribution in [3.05, 3.63) is 29.5 Å². The van der Waals surface area contributed by atoms with Crippen LogP contribution in [0.2, 0.25) is 0 Å².